The maximum absolute atomic E-state index is 13.4. The monoisotopic (exact) mass is 461 g/mol. The molecule has 0 bridgehead atoms. The molecule has 0 saturated carbocycles. The number of piperazine rings is 1. The van der Waals surface area contributed by atoms with Crippen LogP contribution in [0.1, 0.15) is 45.6 Å². The van der Waals surface area contributed by atoms with E-state index in [1.807, 2.05) is 6.07 Å². The van der Waals surface area contributed by atoms with Crippen LogP contribution in [0.5, 0.6) is 0 Å². The number of hydrogen-bond acceptors (Lipinski definition) is 5. The first-order valence-corrected chi connectivity index (χ1v) is 12.0. The highest BCUT2D eigenvalue weighted by molar-refractivity contribution is 7.80. The molecule has 8 heteroatoms. The first-order valence-electron chi connectivity index (χ1n) is 10.8. The summed E-state index contributed by atoms with van der Waals surface area (Å²) in [6.45, 7) is 4.02. The number of carbonyl (C=O) groups is 1. The van der Waals surface area contributed by atoms with Gasteiger partial charge in [0.25, 0.3) is 0 Å². The number of fused-ring (bicyclic) bond motifs is 1. The van der Waals surface area contributed by atoms with E-state index in [-0.39, 0.29) is 11.8 Å². The lowest BCUT2D eigenvalue weighted by molar-refractivity contribution is 0.0601. The van der Waals surface area contributed by atoms with Crippen LogP contribution >= 0.6 is 23.6 Å². The summed E-state index contributed by atoms with van der Waals surface area (Å²) in [4.78, 5) is 18.3. The maximum atomic E-state index is 13.4. The quantitative estimate of drug-likeness (QED) is 0.412. The van der Waals surface area contributed by atoms with Gasteiger partial charge in [-0.05, 0) is 61.2 Å². The molecule has 5 nitrogen and oxygen atoms in total. The smallest absolute Gasteiger partial charge is 0.341 e. The average Bonchev–Trinajstić information content (AvgIpc) is 2.94. The molecule has 166 valence electrons. The minimum Gasteiger partial charge on any atom is -0.465 e. The van der Waals surface area contributed by atoms with Gasteiger partial charge >= 0.3 is 5.97 Å². The Morgan fingerprint density at radius 1 is 1.19 bits per heavy atom. The molecule has 0 atom stereocenters. The molecule has 1 N–H and O–H groups in total. The summed E-state index contributed by atoms with van der Waals surface area (Å²) in [5.41, 5.74) is 2.79. The van der Waals surface area contributed by atoms with Crippen LogP contribution in [0.4, 0.5) is 9.39 Å². The number of nitrogens with one attached hydrogen (secondary N) is 1. The molecule has 1 saturated heterocycles. The number of methoxy groups -OCH3 is 1. The SMILES string of the molecule is COC(=O)c1c(NC(=S)N2CCN(Cc3cccc(F)c3)CC2)sc2c1CCCCC2. The molecule has 0 spiro atoms. The van der Waals surface area contributed by atoms with E-state index in [1.165, 1.54) is 24.5 Å². The highest BCUT2D eigenvalue weighted by Crippen LogP contribution is 2.38. The highest BCUT2D eigenvalue weighted by Gasteiger charge is 2.27. The fourth-order valence-corrected chi connectivity index (χ4v) is 5.95. The first-order chi connectivity index (χ1) is 15.0. The van der Waals surface area contributed by atoms with E-state index < -0.39 is 0 Å². The van der Waals surface area contributed by atoms with Gasteiger partial charge in [0.05, 0.1) is 12.7 Å². The van der Waals surface area contributed by atoms with Crippen molar-refractivity contribution in [1.82, 2.24) is 9.80 Å². The van der Waals surface area contributed by atoms with Gasteiger partial charge in [0.15, 0.2) is 5.11 Å². The third-order valence-corrected chi connectivity index (χ3v) is 7.55. The summed E-state index contributed by atoms with van der Waals surface area (Å²) in [5, 5.41) is 4.81. The van der Waals surface area contributed by atoms with Gasteiger partial charge in [-0.3, -0.25) is 4.90 Å². The molecule has 2 aromatic rings. The van der Waals surface area contributed by atoms with E-state index in [4.69, 9.17) is 17.0 Å². The van der Waals surface area contributed by atoms with Crippen LogP contribution in [0.15, 0.2) is 24.3 Å². The topological polar surface area (TPSA) is 44.8 Å². The first kappa shape index (κ1) is 22.2. The molecule has 1 aliphatic heterocycles. The number of thiocarbonyl (C=S) groups is 1. The van der Waals surface area contributed by atoms with E-state index in [1.54, 1.807) is 23.5 Å². The number of halogens is 1. The minimum absolute atomic E-state index is 0.197. The number of carbonyl (C=O) groups excluding carboxylic acids is 1. The maximum Gasteiger partial charge on any atom is 0.341 e. The fraction of sp³-hybridized carbons (Fsp3) is 0.478. The van der Waals surface area contributed by atoms with E-state index in [0.29, 0.717) is 10.7 Å². The number of nitrogens with zero attached hydrogens (tertiary/aromatic N) is 2. The van der Waals surface area contributed by atoms with Gasteiger partial charge < -0.3 is 15.0 Å². The molecule has 2 heterocycles. The molecule has 0 radical (unpaired) electrons. The Morgan fingerprint density at radius 2 is 1.97 bits per heavy atom. The number of hydrogen-bond donors (Lipinski definition) is 1. The zero-order valence-electron chi connectivity index (χ0n) is 17.8. The second-order valence-corrected chi connectivity index (χ2v) is 9.58. The molecule has 1 aromatic carbocycles. The van der Waals surface area contributed by atoms with E-state index in [9.17, 15) is 9.18 Å². The number of anilines is 1. The summed E-state index contributed by atoms with van der Waals surface area (Å²) >= 11 is 7.34. The van der Waals surface area contributed by atoms with Gasteiger partial charge in [-0.1, -0.05) is 18.6 Å². The highest BCUT2D eigenvalue weighted by atomic mass is 32.1. The molecule has 0 unspecified atom stereocenters. The van der Waals surface area contributed by atoms with Crippen molar-refractivity contribution in [2.75, 3.05) is 38.6 Å². The zero-order chi connectivity index (χ0) is 21.8. The molecule has 2 aliphatic rings. The second kappa shape index (κ2) is 10.1. The lowest BCUT2D eigenvalue weighted by Gasteiger charge is -2.36. The minimum atomic E-state index is -0.287. The molecular formula is C23H28FN3O2S2. The average molecular weight is 462 g/mol. The van der Waals surface area contributed by atoms with Gasteiger partial charge in [0.2, 0.25) is 0 Å². The van der Waals surface area contributed by atoms with Crippen molar-refractivity contribution >= 4 is 39.6 Å². The summed E-state index contributed by atoms with van der Waals surface area (Å²) < 4.78 is 18.5. The molecular weight excluding hydrogens is 433 g/mol. The third kappa shape index (κ3) is 5.25. The van der Waals surface area contributed by atoms with E-state index in [2.05, 4.69) is 15.1 Å². The standard InChI is InChI=1S/C23H28FN3O2S2/c1-29-22(28)20-18-8-3-2-4-9-19(18)31-21(20)25-23(30)27-12-10-26(11-13-27)15-16-6-5-7-17(24)14-16/h5-7,14H,2-4,8-13,15H2,1H3,(H,25,30). The Balaban J connectivity index is 1.39. The summed E-state index contributed by atoms with van der Waals surface area (Å²) in [5.74, 6) is -0.484. The number of esters is 1. The number of thiophene rings is 1. The van der Waals surface area contributed by atoms with Crippen LogP contribution in [-0.4, -0.2) is 54.2 Å². The van der Waals surface area contributed by atoms with Crippen LogP contribution in [0.25, 0.3) is 0 Å². The van der Waals surface area contributed by atoms with E-state index >= 15 is 0 Å². The van der Waals surface area contributed by atoms with E-state index in [0.717, 1.165) is 74.5 Å². The van der Waals surface area contributed by atoms with Crippen LogP contribution in [0, 0.1) is 5.82 Å². The van der Waals surface area contributed by atoms with Gasteiger partial charge in [-0.15, -0.1) is 11.3 Å². The zero-order valence-corrected chi connectivity index (χ0v) is 19.4. The predicted molar refractivity (Wildman–Crippen MR) is 126 cm³/mol. The van der Waals surface area contributed by atoms with Crippen LogP contribution in [-0.2, 0) is 24.1 Å². The van der Waals surface area contributed by atoms with Crippen molar-refractivity contribution in [1.29, 1.82) is 0 Å². The molecule has 4 rings (SSSR count). The molecule has 1 aromatic heterocycles. The summed E-state index contributed by atoms with van der Waals surface area (Å²) in [6.07, 6.45) is 5.39. The predicted octanol–water partition coefficient (Wildman–Crippen LogP) is 4.46. The van der Waals surface area contributed by atoms with Crippen LogP contribution in [0.2, 0.25) is 0 Å². The molecule has 0 amide bonds. The van der Waals surface area contributed by atoms with Gasteiger partial charge in [-0.2, -0.15) is 0 Å². The Morgan fingerprint density at radius 3 is 2.71 bits per heavy atom. The van der Waals surface area contributed by atoms with Crippen LogP contribution < -0.4 is 5.32 Å². The summed E-state index contributed by atoms with van der Waals surface area (Å²) in [7, 11) is 1.43. The molecule has 1 fully saturated rings. The van der Waals surface area contributed by atoms with Crippen molar-refractivity contribution in [3.05, 3.63) is 51.7 Å². The van der Waals surface area contributed by atoms with Crippen molar-refractivity contribution in [2.24, 2.45) is 0 Å². The number of ether oxygens (including phenoxy) is 1. The Labute approximate surface area is 192 Å². The normalized spacial score (nSPS) is 17.0. The van der Waals surface area contributed by atoms with Gasteiger partial charge in [0.1, 0.15) is 10.8 Å². The van der Waals surface area contributed by atoms with Gasteiger partial charge in [-0.25, -0.2) is 9.18 Å². The Hall–Kier alpha value is -2.03. The molecule has 31 heavy (non-hydrogen) atoms. The van der Waals surface area contributed by atoms with Crippen molar-refractivity contribution < 1.29 is 13.9 Å². The number of benzene rings is 1. The summed E-state index contributed by atoms with van der Waals surface area (Å²) in [6, 6.07) is 6.77. The van der Waals surface area contributed by atoms with Crippen molar-refractivity contribution in [3.8, 4) is 0 Å². The fourth-order valence-electron chi connectivity index (χ4n) is 4.33. The Kier molecular flexibility index (Phi) is 7.20. The largest absolute Gasteiger partial charge is 0.465 e. The third-order valence-electron chi connectivity index (χ3n) is 5.99. The Bertz CT molecular complexity index is 954. The van der Waals surface area contributed by atoms with Crippen molar-refractivity contribution in [2.45, 2.75) is 38.6 Å². The van der Waals surface area contributed by atoms with Gasteiger partial charge in [0, 0.05) is 37.6 Å². The van der Waals surface area contributed by atoms with Crippen molar-refractivity contribution in [3.63, 3.8) is 0 Å². The lowest BCUT2D eigenvalue weighted by Crippen LogP contribution is -2.49. The second-order valence-electron chi connectivity index (χ2n) is 8.08. The lowest BCUT2D eigenvalue weighted by atomic mass is 10.1. The number of rotatable bonds is 4. The molecule has 1 aliphatic carbocycles. The van der Waals surface area contributed by atoms with Crippen LogP contribution in [0.3, 0.4) is 0 Å². The number of aryl methyl sites for hydroxylation is 1.